The normalized spacial score (nSPS) is 18.7. The van der Waals surface area contributed by atoms with Crippen molar-refractivity contribution in [3.05, 3.63) is 59.2 Å². The number of carbonyl (C=O) groups excluding carboxylic acids is 2. The van der Waals surface area contributed by atoms with Crippen LogP contribution in [0.5, 0.6) is 5.75 Å². The van der Waals surface area contributed by atoms with Gasteiger partial charge in [-0.3, -0.25) is 9.59 Å². The summed E-state index contributed by atoms with van der Waals surface area (Å²) in [7, 11) is 0. The zero-order valence-electron chi connectivity index (χ0n) is 13.9. The summed E-state index contributed by atoms with van der Waals surface area (Å²) in [6.07, 6.45) is 2.27. The summed E-state index contributed by atoms with van der Waals surface area (Å²) in [6.45, 7) is 1.05. The Balaban J connectivity index is 1.63. The molecule has 2 aromatic carbocycles. The van der Waals surface area contributed by atoms with E-state index in [0.29, 0.717) is 25.1 Å². The summed E-state index contributed by atoms with van der Waals surface area (Å²) in [5.74, 6) is 0.262. The summed E-state index contributed by atoms with van der Waals surface area (Å²) < 4.78 is 5.78. The predicted octanol–water partition coefficient (Wildman–Crippen LogP) is 2.32. The van der Waals surface area contributed by atoms with Crippen LogP contribution in [0.1, 0.15) is 27.9 Å². The number of nitrogens with zero attached hydrogens (tertiary/aromatic N) is 1. The zero-order chi connectivity index (χ0) is 17.4. The molecule has 25 heavy (non-hydrogen) atoms. The number of benzene rings is 2. The minimum atomic E-state index is -0.443. The highest BCUT2D eigenvalue weighted by Gasteiger charge is 2.33. The van der Waals surface area contributed by atoms with Crippen molar-refractivity contribution in [2.24, 2.45) is 11.7 Å². The summed E-state index contributed by atoms with van der Waals surface area (Å²) >= 11 is 0. The van der Waals surface area contributed by atoms with E-state index in [4.69, 9.17) is 10.5 Å². The number of hydrogen-bond donors (Lipinski definition) is 1. The van der Waals surface area contributed by atoms with E-state index in [0.717, 1.165) is 35.4 Å². The molecule has 1 unspecified atom stereocenters. The van der Waals surface area contributed by atoms with Gasteiger partial charge in [-0.15, -0.1) is 0 Å². The number of fused-ring (bicyclic) bond motifs is 2. The lowest BCUT2D eigenvalue weighted by atomic mass is 9.92. The Bertz CT molecular complexity index is 847. The fourth-order valence-electron chi connectivity index (χ4n) is 3.79. The number of hydrogen-bond acceptors (Lipinski definition) is 3. The molecule has 2 N–H and O–H groups in total. The van der Waals surface area contributed by atoms with Gasteiger partial charge in [-0.2, -0.15) is 0 Å². The van der Waals surface area contributed by atoms with Crippen LogP contribution in [0, 0.1) is 5.92 Å². The van der Waals surface area contributed by atoms with Gasteiger partial charge in [0.15, 0.2) is 0 Å². The zero-order valence-corrected chi connectivity index (χ0v) is 13.9. The first kappa shape index (κ1) is 15.7. The Labute approximate surface area is 146 Å². The quantitative estimate of drug-likeness (QED) is 0.915. The lowest BCUT2D eigenvalue weighted by molar-refractivity contribution is -0.123. The monoisotopic (exact) mass is 336 g/mol. The molecule has 4 rings (SSSR count). The predicted molar refractivity (Wildman–Crippen MR) is 94.8 cm³/mol. The number of amides is 2. The molecule has 5 heteroatoms. The van der Waals surface area contributed by atoms with Crippen molar-refractivity contribution in [2.75, 3.05) is 18.1 Å². The number of rotatable bonds is 2. The Kier molecular flexibility index (Phi) is 3.92. The number of ether oxygens (including phenoxy) is 1. The molecule has 0 spiro atoms. The molecule has 0 fully saturated rings. The second-order valence-corrected chi connectivity index (χ2v) is 6.58. The molecule has 2 aliphatic rings. The number of primary amides is 1. The maximum atomic E-state index is 13.1. The average Bonchev–Trinajstić information content (AvgIpc) is 2.66. The van der Waals surface area contributed by atoms with Gasteiger partial charge in [-0.1, -0.05) is 24.3 Å². The van der Waals surface area contributed by atoms with Crippen molar-refractivity contribution >= 4 is 17.5 Å². The first-order valence-corrected chi connectivity index (χ1v) is 8.59. The molecule has 1 atom stereocenters. The number of nitrogens with two attached hydrogens (primary N) is 1. The van der Waals surface area contributed by atoms with E-state index >= 15 is 0 Å². The second-order valence-electron chi connectivity index (χ2n) is 6.58. The molecule has 0 saturated heterocycles. The summed E-state index contributed by atoms with van der Waals surface area (Å²) in [5.41, 5.74) is 8.76. The van der Waals surface area contributed by atoms with Crippen LogP contribution < -0.4 is 15.4 Å². The van der Waals surface area contributed by atoms with E-state index in [1.54, 1.807) is 17.0 Å². The fraction of sp³-hybridized carbons (Fsp3) is 0.300. The smallest absolute Gasteiger partial charge is 0.249 e. The largest absolute Gasteiger partial charge is 0.492 e. The summed E-state index contributed by atoms with van der Waals surface area (Å²) in [4.78, 5) is 26.6. The molecule has 2 amide bonds. The van der Waals surface area contributed by atoms with Crippen molar-refractivity contribution in [2.45, 2.75) is 19.3 Å². The van der Waals surface area contributed by atoms with E-state index in [9.17, 15) is 9.59 Å². The van der Waals surface area contributed by atoms with Crippen molar-refractivity contribution in [3.63, 3.8) is 0 Å². The van der Waals surface area contributed by atoms with Gasteiger partial charge in [0, 0.05) is 17.8 Å². The van der Waals surface area contributed by atoms with Crippen LogP contribution >= 0.6 is 0 Å². The van der Waals surface area contributed by atoms with Crippen LogP contribution in [0.3, 0.4) is 0 Å². The maximum Gasteiger partial charge on any atom is 0.249 e. The number of para-hydroxylation sites is 1. The third-order valence-corrected chi connectivity index (χ3v) is 5.01. The molecule has 0 aromatic heterocycles. The third-order valence-electron chi connectivity index (χ3n) is 5.01. The second kappa shape index (κ2) is 6.24. The first-order valence-electron chi connectivity index (χ1n) is 8.59. The number of anilines is 1. The molecule has 2 aromatic rings. The van der Waals surface area contributed by atoms with Crippen LogP contribution in [0.25, 0.3) is 0 Å². The first-order chi connectivity index (χ1) is 12.1. The standard InChI is InChI=1S/C20H20N2O3/c21-19(23)16-6-3-8-17-15(16)7-4-10-22(17)20(24)14-11-13-5-1-2-9-18(13)25-12-14/h1-3,5-6,8-9,14H,4,7,10-12H2,(H2,21,23). The molecule has 128 valence electrons. The van der Waals surface area contributed by atoms with Crippen LogP contribution in [-0.2, 0) is 17.6 Å². The van der Waals surface area contributed by atoms with E-state index in [1.165, 1.54) is 0 Å². The minimum absolute atomic E-state index is 0.0528. The molecule has 0 bridgehead atoms. The summed E-state index contributed by atoms with van der Waals surface area (Å²) in [6, 6.07) is 13.3. The van der Waals surface area contributed by atoms with Gasteiger partial charge in [0.1, 0.15) is 12.4 Å². The van der Waals surface area contributed by atoms with E-state index < -0.39 is 5.91 Å². The topological polar surface area (TPSA) is 72.6 Å². The molecular formula is C20H20N2O3. The van der Waals surface area contributed by atoms with E-state index in [2.05, 4.69) is 0 Å². The Hall–Kier alpha value is -2.82. The van der Waals surface area contributed by atoms with Gasteiger partial charge in [0.05, 0.1) is 5.92 Å². The summed E-state index contributed by atoms with van der Waals surface area (Å²) in [5, 5.41) is 0. The highest BCUT2D eigenvalue weighted by Crippen LogP contribution is 2.33. The SMILES string of the molecule is NC(=O)c1cccc2c1CCCN2C(=O)C1COc2ccccc2C1. The molecule has 0 aliphatic carbocycles. The van der Waals surface area contributed by atoms with Crippen LogP contribution in [-0.4, -0.2) is 25.0 Å². The molecule has 0 radical (unpaired) electrons. The van der Waals surface area contributed by atoms with E-state index in [1.807, 2.05) is 30.3 Å². The molecular weight excluding hydrogens is 316 g/mol. The van der Waals surface area contributed by atoms with Crippen LogP contribution in [0.2, 0.25) is 0 Å². The maximum absolute atomic E-state index is 13.1. The van der Waals surface area contributed by atoms with E-state index in [-0.39, 0.29) is 11.8 Å². The van der Waals surface area contributed by atoms with Crippen molar-refractivity contribution in [1.29, 1.82) is 0 Å². The van der Waals surface area contributed by atoms with Gasteiger partial charge in [-0.05, 0) is 48.6 Å². The Morgan fingerprint density at radius 3 is 2.80 bits per heavy atom. The molecule has 0 saturated carbocycles. The minimum Gasteiger partial charge on any atom is -0.492 e. The molecule has 5 nitrogen and oxygen atoms in total. The van der Waals surface area contributed by atoms with Crippen LogP contribution in [0.15, 0.2) is 42.5 Å². The van der Waals surface area contributed by atoms with Crippen molar-refractivity contribution < 1.29 is 14.3 Å². The molecule has 2 heterocycles. The Morgan fingerprint density at radius 2 is 1.96 bits per heavy atom. The van der Waals surface area contributed by atoms with Crippen molar-refractivity contribution in [1.82, 2.24) is 0 Å². The number of carbonyl (C=O) groups is 2. The average molecular weight is 336 g/mol. The van der Waals surface area contributed by atoms with Gasteiger partial charge in [0.25, 0.3) is 0 Å². The van der Waals surface area contributed by atoms with Gasteiger partial charge in [0.2, 0.25) is 11.8 Å². The van der Waals surface area contributed by atoms with Gasteiger partial charge in [-0.25, -0.2) is 0 Å². The van der Waals surface area contributed by atoms with Gasteiger partial charge < -0.3 is 15.4 Å². The lowest BCUT2D eigenvalue weighted by Crippen LogP contribution is -2.43. The fourth-order valence-corrected chi connectivity index (χ4v) is 3.79. The molecule has 2 aliphatic heterocycles. The van der Waals surface area contributed by atoms with Crippen LogP contribution in [0.4, 0.5) is 5.69 Å². The highest BCUT2D eigenvalue weighted by atomic mass is 16.5. The lowest BCUT2D eigenvalue weighted by Gasteiger charge is -2.34. The highest BCUT2D eigenvalue weighted by molar-refractivity contribution is 6.01. The third kappa shape index (κ3) is 2.76. The van der Waals surface area contributed by atoms with Crippen molar-refractivity contribution in [3.8, 4) is 5.75 Å². The Morgan fingerprint density at radius 1 is 1.12 bits per heavy atom. The van der Waals surface area contributed by atoms with Gasteiger partial charge >= 0.3 is 0 Å².